The van der Waals surface area contributed by atoms with Gasteiger partial charge in [0.25, 0.3) is 0 Å². The number of hydrogen-bond acceptors (Lipinski definition) is 4. The maximum Gasteiger partial charge on any atom is 0.0388 e. The number of thioether (sulfide) groups is 1. The molecular formula is C14H27N3S. The fraction of sp³-hybridized carbons (Fsp3) is 1.00. The van der Waals surface area contributed by atoms with Gasteiger partial charge in [-0.1, -0.05) is 6.92 Å². The minimum Gasteiger partial charge on any atom is -0.329 e. The van der Waals surface area contributed by atoms with Crippen LogP contribution in [0, 0.1) is 5.92 Å². The third-order valence-electron chi connectivity index (χ3n) is 5.70. The van der Waals surface area contributed by atoms with Gasteiger partial charge in [0.1, 0.15) is 0 Å². The van der Waals surface area contributed by atoms with Gasteiger partial charge in [-0.15, -0.1) is 0 Å². The number of nitrogens with two attached hydrogens (primary N) is 1. The monoisotopic (exact) mass is 269 g/mol. The molecule has 3 saturated heterocycles. The Hall–Kier alpha value is 0.230. The molecular weight excluding hydrogens is 242 g/mol. The summed E-state index contributed by atoms with van der Waals surface area (Å²) < 4.78 is 0. The highest BCUT2D eigenvalue weighted by Crippen LogP contribution is 2.42. The van der Waals surface area contributed by atoms with Gasteiger partial charge in [-0.2, -0.15) is 11.8 Å². The second kappa shape index (κ2) is 4.97. The Morgan fingerprint density at radius 1 is 1.28 bits per heavy atom. The fourth-order valence-corrected chi connectivity index (χ4v) is 5.46. The summed E-state index contributed by atoms with van der Waals surface area (Å²) in [6, 6.07) is 0.680. The predicted octanol–water partition coefficient (Wildman–Crippen LogP) is 1.24. The van der Waals surface area contributed by atoms with Crippen LogP contribution in [0.25, 0.3) is 0 Å². The number of hydrogen-bond donors (Lipinski definition) is 1. The zero-order valence-corrected chi connectivity index (χ0v) is 12.6. The molecule has 0 aliphatic carbocycles. The van der Waals surface area contributed by atoms with E-state index in [9.17, 15) is 0 Å². The van der Waals surface area contributed by atoms with Crippen molar-refractivity contribution in [3.63, 3.8) is 0 Å². The molecule has 18 heavy (non-hydrogen) atoms. The van der Waals surface area contributed by atoms with Gasteiger partial charge >= 0.3 is 0 Å². The van der Waals surface area contributed by atoms with Gasteiger partial charge < -0.3 is 10.6 Å². The van der Waals surface area contributed by atoms with Crippen molar-refractivity contribution in [1.29, 1.82) is 0 Å². The lowest BCUT2D eigenvalue weighted by Crippen LogP contribution is -2.67. The normalized spacial score (nSPS) is 49.5. The van der Waals surface area contributed by atoms with Crippen LogP contribution in [-0.4, -0.2) is 65.1 Å². The highest BCUT2D eigenvalue weighted by Gasteiger charge is 2.51. The van der Waals surface area contributed by atoms with E-state index in [1.807, 2.05) is 0 Å². The van der Waals surface area contributed by atoms with Gasteiger partial charge in [-0.25, -0.2) is 0 Å². The minimum absolute atomic E-state index is 0.307. The Morgan fingerprint density at radius 2 is 2.11 bits per heavy atom. The van der Waals surface area contributed by atoms with Crippen LogP contribution >= 0.6 is 11.8 Å². The Kier molecular flexibility index (Phi) is 3.65. The summed E-state index contributed by atoms with van der Waals surface area (Å²) in [6.45, 7) is 10.8. The van der Waals surface area contributed by atoms with Crippen molar-refractivity contribution in [3.8, 4) is 0 Å². The molecule has 0 aromatic carbocycles. The van der Waals surface area contributed by atoms with E-state index in [4.69, 9.17) is 5.73 Å². The first kappa shape index (κ1) is 13.2. The summed E-state index contributed by atoms with van der Waals surface area (Å²) in [7, 11) is 0. The molecule has 2 bridgehead atoms. The molecule has 0 saturated carbocycles. The SMILES string of the molecule is CC1SCCN(C2(CN)CCN3CCC2C3)C1C. The molecule has 104 valence electrons. The number of nitrogens with zero attached hydrogens (tertiary/aromatic N) is 2. The van der Waals surface area contributed by atoms with Gasteiger partial charge in [0, 0.05) is 42.2 Å². The first-order valence-electron chi connectivity index (χ1n) is 7.48. The third-order valence-corrected chi connectivity index (χ3v) is 7.04. The van der Waals surface area contributed by atoms with Crippen LogP contribution in [0.1, 0.15) is 26.7 Å². The van der Waals surface area contributed by atoms with E-state index >= 15 is 0 Å². The lowest BCUT2D eigenvalue weighted by Gasteiger charge is -2.55. The maximum absolute atomic E-state index is 6.29. The summed E-state index contributed by atoms with van der Waals surface area (Å²) >= 11 is 2.13. The second-order valence-electron chi connectivity index (χ2n) is 6.35. The Labute approximate surface area is 115 Å². The molecule has 3 heterocycles. The molecule has 3 aliphatic heterocycles. The molecule has 5 unspecified atom stereocenters. The lowest BCUT2D eigenvalue weighted by atomic mass is 9.76. The summed E-state index contributed by atoms with van der Waals surface area (Å²) in [6.07, 6.45) is 2.65. The Morgan fingerprint density at radius 3 is 2.89 bits per heavy atom. The molecule has 3 rings (SSSR count). The van der Waals surface area contributed by atoms with E-state index in [0.29, 0.717) is 11.6 Å². The molecule has 5 atom stereocenters. The van der Waals surface area contributed by atoms with Gasteiger partial charge in [-0.05, 0) is 38.8 Å². The topological polar surface area (TPSA) is 32.5 Å². The summed E-state index contributed by atoms with van der Waals surface area (Å²) in [5, 5.41) is 0.751. The molecule has 3 fully saturated rings. The number of piperidine rings is 1. The van der Waals surface area contributed by atoms with Crippen LogP contribution in [-0.2, 0) is 0 Å². The lowest BCUT2D eigenvalue weighted by molar-refractivity contribution is -0.0154. The van der Waals surface area contributed by atoms with Gasteiger partial charge in [0.2, 0.25) is 0 Å². The van der Waals surface area contributed by atoms with Crippen molar-refractivity contribution in [3.05, 3.63) is 0 Å². The number of rotatable bonds is 2. The van der Waals surface area contributed by atoms with E-state index in [2.05, 4.69) is 35.4 Å². The standard InChI is InChI=1S/C14H27N3S/c1-11-12(2)18-8-7-17(11)14(10-15)4-6-16-5-3-13(14)9-16/h11-13H,3-10,15H2,1-2H3. The molecule has 0 aromatic heterocycles. The molecule has 3 nitrogen and oxygen atoms in total. The van der Waals surface area contributed by atoms with Crippen LogP contribution in [0.4, 0.5) is 0 Å². The van der Waals surface area contributed by atoms with Crippen molar-refractivity contribution >= 4 is 11.8 Å². The zero-order valence-electron chi connectivity index (χ0n) is 11.8. The minimum atomic E-state index is 0.307. The van der Waals surface area contributed by atoms with Crippen LogP contribution in [0.15, 0.2) is 0 Å². The van der Waals surface area contributed by atoms with Crippen LogP contribution in [0.2, 0.25) is 0 Å². The highest BCUT2D eigenvalue weighted by atomic mass is 32.2. The molecule has 3 aliphatic rings. The Balaban J connectivity index is 1.86. The first-order chi connectivity index (χ1) is 8.67. The molecule has 4 heteroatoms. The van der Waals surface area contributed by atoms with Crippen molar-refractivity contribution in [2.45, 2.75) is 43.5 Å². The van der Waals surface area contributed by atoms with Gasteiger partial charge in [-0.3, -0.25) is 4.90 Å². The van der Waals surface area contributed by atoms with Gasteiger partial charge in [0.15, 0.2) is 0 Å². The van der Waals surface area contributed by atoms with E-state index in [1.54, 1.807) is 0 Å². The first-order valence-corrected chi connectivity index (χ1v) is 8.53. The highest BCUT2D eigenvalue weighted by molar-refractivity contribution is 8.00. The molecule has 0 spiro atoms. The Bertz CT molecular complexity index is 311. The van der Waals surface area contributed by atoms with E-state index in [-0.39, 0.29) is 0 Å². The van der Waals surface area contributed by atoms with E-state index < -0.39 is 0 Å². The predicted molar refractivity (Wildman–Crippen MR) is 79.0 cm³/mol. The molecule has 2 N–H and O–H groups in total. The maximum atomic E-state index is 6.29. The molecule has 0 aromatic rings. The smallest absolute Gasteiger partial charge is 0.0388 e. The van der Waals surface area contributed by atoms with Crippen molar-refractivity contribution < 1.29 is 0 Å². The van der Waals surface area contributed by atoms with Crippen molar-refractivity contribution in [1.82, 2.24) is 9.80 Å². The van der Waals surface area contributed by atoms with Crippen molar-refractivity contribution in [2.75, 3.05) is 38.5 Å². The van der Waals surface area contributed by atoms with Crippen molar-refractivity contribution in [2.24, 2.45) is 11.7 Å². The summed E-state index contributed by atoms with van der Waals surface area (Å²) in [5.74, 6) is 2.10. The van der Waals surface area contributed by atoms with E-state index in [0.717, 1.165) is 17.7 Å². The third kappa shape index (κ3) is 1.92. The quantitative estimate of drug-likeness (QED) is 0.817. The summed E-state index contributed by atoms with van der Waals surface area (Å²) in [5.41, 5.74) is 6.60. The van der Waals surface area contributed by atoms with E-state index in [1.165, 1.54) is 44.8 Å². The second-order valence-corrected chi connectivity index (χ2v) is 7.84. The molecule has 0 radical (unpaired) electrons. The average molecular weight is 269 g/mol. The molecule has 0 amide bonds. The largest absolute Gasteiger partial charge is 0.329 e. The number of fused-ring (bicyclic) bond motifs is 2. The zero-order chi connectivity index (χ0) is 12.8. The summed E-state index contributed by atoms with van der Waals surface area (Å²) in [4.78, 5) is 5.42. The van der Waals surface area contributed by atoms with Crippen LogP contribution in [0.5, 0.6) is 0 Å². The average Bonchev–Trinajstić information content (AvgIpc) is 2.79. The van der Waals surface area contributed by atoms with Gasteiger partial charge in [0.05, 0.1) is 0 Å². The fourth-order valence-electron chi connectivity index (χ4n) is 4.36. The van der Waals surface area contributed by atoms with Crippen LogP contribution < -0.4 is 5.73 Å². The van der Waals surface area contributed by atoms with Crippen LogP contribution in [0.3, 0.4) is 0 Å².